The predicted molar refractivity (Wildman–Crippen MR) is 76.0 cm³/mol. The van der Waals surface area contributed by atoms with Gasteiger partial charge in [-0.25, -0.2) is 0 Å². The van der Waals surface area contributed by atoms with Crippen molar-refractivity contribution >= 4 is 11.9 Å². The van der Waals surface area contributed by atoms with E-state index in [1.807, 2.05) is 0 Å². The summed E-state index contributed by atoms with van der Waals surface area (Å²) in [6.07, 6.45) is 6.73. The van der Waals surface area contributed by atoms with Crippen LogP contribution in [0.1, 0.15) is 25.7 Å². The number of nitrogens with two attached hydrogens (primary N) is 2. The van der Waals surface area contributed by atoms with Gasteiger partial charge in [0.1, 0.15) is 5.75 Å². The van der Waals surface area contributed by atoms with Gasteiger partial charge in [-0.15, -0.1) is 0 Å². The van der Waals surface area contributed by atoms with Crippen molar-refractivity contribution in [2.45, 2.75) is 25.7 Å². The summed E-state index contributed by atoms with van der Waals surface area (Å²) in [7, 11) is 0. The molecule has 20 heavy (non-hydrogen) atoms. The van der Waals surface area contributed by atoms with E-state index in [0.29, 0.717) is 18.2 Å². The molecule has 0 aliphatic heterocycles. The largest absolute Gasteiger partial charge is 0.425 e. The van der Waals surface area contributed by atoms with Crippen molar-refractivity contribution in [2.75, 3.05) is 6.54 Å². The summed E-state index contributed by atoms with van der Waals surface area (Å²) in [4.78, 5) is 20.0. The number of aromatic nitrogens is 1. The van der Waals surface area contributed by atoms with Crippen LogP contribution in [0.2, 0.25) is 0 Å². The van der Waals surface area contributed by atoms with Crippen molar-refractivity contribution in [1.82, 2.24) is 4.98 Å². The molecule has 1 aliphatic carbocycles. The van der Waals surface area contributed by atoms with Crippen molar-refractivity contribution in [3.05, 3.63) is 24.5 Å². The fourth-order valence-electron chi connectivity index (χ4n) is 2.42. The number of ether oxygens (including phenoxy) is 1. The molecule has 1 aromatic heterocycles. The molecule has 0 radical (unpaired) electrons. The van der Waals surface area contributed by atoms with Crippen LogP contribution >= 0.6 is 0 Å². The van der Waals surface area contributed by atoms with Gasteiger partial charge >= 0.3 is 5.97 Å². The van der Waals surface area contributed by atoms with E-state index in [2.05, 4.69) is 9.98 Å². The molecule has 4 N–H and O–H groups in total. The molecule has 108 valence electrons. The Morgan fingerprint density at radius 2 is 2.10 bits per heavy atom. The Bertz CT molecular complexity index is 463. The van der Waals surface area contributed by atoms with Crippen LogP contribution in [0.4, 0.5) is 0 Å². The zero-order valence-corrected chi connectivity index (χ0v) is 11.4. The molecule has 0 unspecified atom stereocenters. The summed E-state index contributed by atoms with van der Waals surface area (Å²) in [6, 6.07) is 3.48. The summed E-state index contributed by atoms with van der Waals surface area (Å²) in [5, 5.41) is 0. The molecule has 1 heterocycles. The van der Waals surface area contributed by atoms with Crippen molar-refractivity contribution in [1.29, 1.82) is 0 Å². The standard InChI is InChI=1S/C14H20N4O2/c15-14(16)18-8-10-3-5-11(6-4-10)13(19)20-12-2-1-7-17-9-12/h1-2,7,9-11H,3-6,8H2,(H4,15,16,18). The lowest BCUT2D eigenvalue weighted by atomic mass is 9.82. The second-order valence-electron chi connectivity index (χ2n) is 5.09. The van der Waals surface area contributed by atoms with Crippen LogP contribution in [-0.4, -0.2) is 23.5 Å². The van der Waals surface area contributed by atoms with E-state index in [9.17, 15) is 4.79 Å². The lowest BCUT2D eigenvalue weighted by Gasteiger charge is -2.26. The first-order valence-electron chi connectivity index (χ1n) is 6.82. The molecular formula is C14H20N4O2. The maximum absolute atomic E-state index is 12.0. The van der Waals surface area contributed by atoms with Crippen LogP contribution < -0.4 is 16.2 Å². The Kier molecular flexibility index (Phi) is 4.92. The third-order valence-electron chi connectivity index (χ3n) is 3.56. The first kappa shape index (κ1) is 14.3. The topological polar surface area (TPSA) is 104 Å². The minimum atomic E-state index is -0.168. The van der Waals surface area contributed by atoms with E-state index in [1.165, 1.54) is 0 Å². The van der Waals surface area contributed by atoms with E-state index in [4.69, 9.17) is 16.2 Å². The van der Waals surface area contributed by atoms with Crippen molar-refractivity contribution in [3.63, 3.8) is 0 Å². The number of hydrogen-bond acceptors (Lipinski definition) is 4. The zero-order chi connectivity index (χ0) is 14.4. The second kappa shape index (κ2) is 6.88. The van der Waals surface area contributed by atoms with Crippen LogP contribution in [0, 0.1) is 11.8 Å². The Balaban J connectivity index is 1.79. The van der Waals surface area contributed by atoms with Crippen LogP contribution in [0.5, 0.6) is 5.75 Å². The SMILES string of the molecule is NC(N)=NCC1CCC(C(=O)Oc2cccnc2)CC1. The molecule has 0 spiro atoms. The summed E-state index contributed by atoms with van der Waals surface area (Å²) < 4.78 is 5.32. The number of carbonyl (C=O) groups is 1. The molecule has 1 fully saturated rings. The summed E-state index contributed by atoms with van der Waals surface area (Å²) in [5.74, 6) is 0.881. The monoisotopic (exact) mass is 276 g/mol. The molecule has 6 heteroatoms. The van der Waals surface area contributed by atoms with Gasteiger partial charge in [-0.05, 0) is 43.7 Å². The molecule has 1 aromatic rings. The Labute approximate surface area is 118 Å². The molecule has 6 nitrogen and oxygen atoms in total. The number of rotatable bonds is 4. The lowest BCUT2D eigenvalue weighted by Crippen LogP contribution is -2.28. The van der Waals surface area contributed by atoms with Crippen molar-refractivity contribution < 1.29 is 9.53 Å². The number of carbonyl (C=O) groups excluding carboxylic acids is 1. The van der Waals surface area contributed by atoms with Gasteiger partial charge in [0.2, 0.25) is 0 Å². The number of nitrogens with zero attached hydrogens (tertiary/aromatic N) is 2. The molecular weight excluding hydrogens is 256 g/mol. The van der Waals surface area contributed by atoms with E-state index in [1.54, 1.807) is 24.5 Å². The number of aliphatic imine (C=N–C) groups is 1. The first-order chi connectivity index (χ1) is 9.65. The fraction of sp³-hybridized carbons (Fsp3) is 0.500. The van der Waals surface area contributed by atoms with E-state index < -0.39 is 0 Å². The summed E-state index contributed by atoms with van der Waals surface area (Å²) >= 11 is 0. The summed E-state index contributed by atoms with van der Waals surface area (Å²) in [5.41, 5.74) is 10.6. The Hall–Kier alpha value is -2.11. The average Bonchev–Trinajstić information content (AvgIpc) is 2.46. The van der Waals surface area contributed by atoms with E-state index >= 15 is 0 Å². The van der Waals surface area contributed by atoms with Crippen LogP contribution in [0.3, 0.4) is 0 Å². The minimum absolute atomic E-state index is 0.0364. The molecule has 0 aromatic carbocycles. The number of esters is 1. The van der Waals surface area contributed by atoms with Crippen molar-refractivity contribution in [3.8, 4) is 5.75 Å². The van der Waals surface area contributed by atoms with E-state index in [-0.39, 0.29) is 17.8 Å². The smallest absolute Gasteiger partial charge is 0.314 e. The minimum Gasteiger partial charge on any atom is -0.425 e. The highest BCUT2D eigenvalue weighted by atomic mass is 16.5. The maximum Gasteiger partial charge on any atom is 0.314 e. The molecule has 1 saturated carbocycles. The van der Waals surface area contributed by atoms with Gasteiger partial charge in [-0.1, -0.05) is 0 Å². The van der Waals surface area contributed by atoms with Gasteiger partial charge in [-0.2, -0.15) is 0 Å². The van der Waals surface area contributed by atoms with Crippen LogP contribution in [-0.2, 0) is 4.79 Å². The number of guanidine groups is 1. The average molecular weight is 276 g/mol. The Morgan fingerprint density at radius 3 is 2.70 bits per heavy atom. The Morgan fingerprint density at radius 1 is 1.35 bits per heavy atom. The normalized spacial score (nSPS) is 22.0. The lowest BCUT2D eigenvalue weighted by molar-refractivity contribution is -0.140. The third kappa shape index (κ3) is 4.22. The highest BCUT2D eigenvalue weighted by molar-refractivity contribution is 5.76. The van der Waals surface area contributed by atoms with E-state index in [0.717, 1.165) is 25.7 Å². The number of hydrogen-bond donors (Lipinski definition) is 2. The molecule has 0 bridgehead atoms. The van der Waals surface area contributed by atoms with Gasteiger partial charge in [-0.3, -0.25) is 14.8 Å². The first-order valence-corrected chi connectivity index (χ1v) is 6.82. The van der Waals surface area contributed by atoms with Gasteiger partial charge in [0, 0.05) is 12.7 Å². The van der Waals surface area contributed by atoms with Crippen LogP contribution in [0.25, 0.3) is 0 Å². The summed E-state index contributed by atoms with van der Waals surface area (Å²) in [6.45, 7) is 0.646. The highest BCUT2D eigenvalue weighted by Crippen LogP contribution is 2.30. The highest BCUT2D eigenvalue weighted by Gasteiger charge is 2.27. The zero-order valence-electron chi connectivity index (χ0n) is 11.4. The quantitative estimate of drug-likeness (QED) is 0.486. The van der Waals surface area contributed by atoms with Gasteiger partial charge < -0.3 is 16.2 Å². The fourth-order valence-corrected chi connectivity index (χ4v) is 2.42. The molecule has 0 saturated heterocycles. The third-order valence-corrected chi connectivity index (χ3v) is 3.56. The van der Waals surface area contributed by atoms with Gasteiger partial charge in [0.15, 0.2) is 5.96 Å². The maximum atomic E-state index is 12.0. The molecule has 1 aliphatic rings. The molecule has 0 atom stereocenters. The van der Waals surface area contributed by atoms with Gasteiger partial charge in [0.05, 0.1) is 12.1 Å². The number of pyridine rings is 1. The second-order valence-corrected chi connectivity index (χ2v) is 5.09. The van der Waals surface area contributed by atoms with Crippen molar-refractivity contribution in [2.24, 2.45) is 28.3 Å². The molecule has 0 amide bonds. The predicted octanol–water partition coefficient (Wildman–Crippen LogP) is 1.07. The molecule has 2 rings (SSSR count). The van der Waals surface area contributed by atoms with Crippen LogP contribution in [0.15, 0.2) is 29.5 Å². The van der Waals surface area contributed by atoms with Gasteiger partial charge in [0.25, 0.3) is 0 Å².